The lowest BCUT2D eigenvalue weighted by Gasteiger charge is -2.04. The maximum absolute atomic E-state index is 9.84. The van der Waals surface area contributed by atoms with Gasteiger partial charge in [-0.05, 0) is 36.4 Å². The number of halogens is 1. The van der Waals surface area contributed by atoms with E-state index in [2.05, 4.69) is 10.1 Å². The number of phenols is 1. The van der Waals surface area contributed by atoms with Crippen molar-refractivity contribution in [2.45, 2.75) is 0 Å². The summed E-state index contributed by atoms with van der Waals surface area (Å²) < 4.78 is 1.59. The summed E-state index contributed by atoms with van der Waals surface area (Å²) in [4.78, 5) is 4.05. The van der Waals surface area contributed by atoms with Gasteiger partial charge in [0.2, 0.25) is 0 Å². The second kappa shape index (κ2) is 4.74. The Morgan fingerprint density at radius 3 is 2.84 bits per heavy atom. The second-order valence-corrected chi connectivity index (χ2v) is 4.46. The Kier molecular flexibility index (Phi) is 2.93. The zero-order valence-electron chi connectivity index (χ0n) is 9.86. The molecule has 0 amide bonds. The summed E-state index contributed by atoms with van der Waals surface area (Å²) in [5.41, 5.74) is 2.25. The van der Waals surface area contributed by atoms with E-state index in [-0.39, 0.29) is 5.75 Å². The number of rotatable bonds is 2. The summed E-state index contributed by atoms with van der Waals surface area (Å²) in [6, 6.07) is 10.5. The van der Waals surface area contributed by atoms with Crippen molar-refractivity contribution in [3.8, 4) is 22.7 Å². The zero-order valence-corrected chi connectivity index (χ0v) is 10.6. The summed E-state index contributed by atoms with van der Waals surface area (Å²) in [6.45, 7) is 0. The minimum absolute atomic E-state index is 0.130. The molecule has 5 heteroatoms. The van der Waals surface area contributed by atoms with Gasteiger partial charge in [0, 0.05) is 29.2 Å². The van der Waals surface area contributed by atoms with E-state index in [4.69, 9.17) is 11.6 Å². The third-order valence-corrected chi connectivity index (χ3v) is 2.97. The predicted octanol–water partition coefficient (Wildman–Crippen LogP) is 3.29. The van der Waals surface area contributed by atoms with E-state index < -0.39 is 0 Å². The Hall–Kier alpha value is -2.33. The van der Waals surface area contributed by atoms with Crippen LogP contribution in [-0.4, -0.2) is 19.9 Å². The number of benzene rings is 1. The lowest BCUT2D eigenvalue weighted by molar-refractivity contribution is 0.470. The normalized spacial score (nSPS) is 10.6. The first kappa shape index (κ1) is 11.7. The Morgan fingerprint density at radius 2 is 2.05 bits per heavy atom. The molecule has 94 valence electrons. The molecule has 0 saturated carbocycles. The molecule has 2 heterocycles. The van der Waals surface area contributed by atoms with Crippen molar-refractivity contribution in [2.75, 3.05) is 0 Å². The van der Waals surface area contributed by atoms with Crippen molar-refractivity contribution in [3.63, 3.8) is 0 Å². The average Bonchev–Trinajstić information content (AvgIpc) is 2.92. The summed E-state index contributed by atoms with van der Waals surface area (Å²) in [5.74, 6) is 0.130. The Balaban J connectivity index is 2.04. The van der Waals surface area contributed by atoms with Crippen LogP contribution in [0.1, 0.15) is 0 Å². The molecule has 3 rings (SSSR count). The van der Waals surface area contributed by atoms with Gasteiger partial charge >= 0.3 is 0 Å². The second-order valence-electron chi connectivity index (χ2n) is 4.02. The fourth-order valence-corrected chi connectivity index (χ4v) is 1.97. The van der Waals surface area contributed by atoms with Crippen LogP contribution in [0.15, 0.2) is 55.0 Å². The molecule has 0 radical (unpaired) electrons. The minimum Gasteiger partial charge on any atom is -0.506 e. The number of hydrogen-bond donors (Lipinski definition) is 1. The molecule has 0 saturated heterocycles. The number of pyridine rings is 1. The van der Waals surface area contributed by atoms with Crippen molar-refractivity contribution in [1.29, 1.82) is 0 Å². The Labute approximate surface area is 114 Å². The van der Waals surface area contributed by atoms with Gasteiger partial charge in [-0.1, -0.05) is 11.6 Å². The van der Waals surface area contributed by atoms with E-state index in [0.29, 0.717) is 10.7 Å². The minimum atomic E-state index is 0.130. The lowest BCUT2D eigenvalue weighted by atomic mass is 10.2. The van der Waals surface area contributed by atoms with Crippen molar-refractivity contribution < 1.29 is 5.11 Å². The lowest BCUT2D eigenvalue weighted by Crippen LogP contribution is -1.95. The molecule has 0 aliphatic carbocycles. The third-order valence-electron chi connectivity index (χ3n) is 2.73. The summed E-state index contributed by atoms with van der Waals surface area (Å²) >= 11 is 5.93. The molecule has 1 N–H and O–H groups in total. The average molecular weight is 272 g/mol. The van der Waals surface area contributed by atoms with Gasteiger partial charge in [0.15, 0.2) is 0 Å². The van der Waals surface area contributed by atoms with Crippen LogP contribution in [0.2, 0.25) is 5.02 Å². The Morgan fingerprint density at radius 1 is 1.16 bits per heavy atom. The van der Waals surface area contributed by atoms with Crippen LogP contribution in [0.4, 0.5) is 0 Å². The molecule has 0 fully saturated rings. The van der Waals surface area contributed by atoms with Gasteiger partial charge in [0.1, 0.15) is 11.4 Å². The monoisotopic (exact) mass is 271 g/mol. The van der Waals surface area contributed by atoms with Gasteiger partial charge in [-0.25, -0.2) is 4.68 Å². The zero-order chi connectivity index (χ0) is 13.2. The summed E-state index contributed by atoms with van der Waals surface area (Å²) in [6.07, 6.45) is 5.22. The predicted molar refractivity (Wildman–Crippen MR) is 73.5 cm³/mol. The van der Waals surface area contributed by atoms with Gasteiger partial charge < -0.3 is 5.11 Å². The molecule has 0 aliphatic rings. The smallest absolute Gasteiger partial charge is 0.141 e. The SMILES string of the molecule is Oc1ccc(Cl)cc1-n1ccc(-c2cccnc2)n1. The van der Waals surface area contributed by atoms with Crippen LogP contribution in [0.25, 0.3) is 16.9 Å². The maximum Gasteiger partial charge on any atom is 0.141 e. The van der Waals surface area contributed by atoms with E-state index in [9.17, 15) is 5.11 Å². The van der Waals surface area contributed by atoms with Gasteiger partial charge in [0.05, 0.1) is 5.69 Å². The van der Waals surface area contributed by atoms with E-state index in [1.807, 2.05) is 18.2 Å². The van der Waals surface area contributed by atoms with Crippen LogP contribution >= 0.6 is 11.6 Å². The van der Waals surface area contributed by atoms with Crippen LogP contribution < -0.4 is 0 Å². The van der Waals surface area contributed by atoms with E-state index in [1.54, 1.807) is 41.5 Å². The fourth-order valence-electron chi connectivity index (χ4n) is 1.81. The summed E-state index contributed by atoms with van der Waals surface area (Å²) in [5, 5.41) is 14.8. The van der Waals surface area contributed by atoms with Crippen LogP contribution in [0.3, 0.4) is 0 Å². The quantitative estimate of drug-likeness (QED) is 0.778. The number of phenolic OH excluding ortho intramolecular Hbond substituents is 1. The first-order chi connectivity index (χ1) is 9.24. The number of hydrogen-bond acceptors (Lipinski definition) is 3. The molecule has 2 aromatic heterocycles. The highest BCUT2D eigenvalue weighted by Gasteiger charge is 2.08. The molecule has 3 aromatic rings. The molecule has 0 bridgehead atoms. The van der Waals surface area contributed by atoms with Crippen molar-refractivity contribution in [1.82, 2.24) is 14.8 Å². The topological polar surface area (TPSA) is 50.9 Å². The molecule has 0 spiro atoms. The highest BCUT2D eigenvalue weighted by molar-refractivity contribution is 6.30. The van der Waals surface area contributed by atoms with Crippen LogP contribution in [0.5, 0.6) is 5.75 Å². The highest BCUT2D eigenvalue weighted by Crippen LogP contribution is 2.26. The van der Waals surface area contributed by atoms with Crippen LogP contribution in [0, 0.1) is 0 Å². The molecule has 0 unspecified atom stereocenters. The molecule has 19 heavy (non-hydrogen) atoms. The van der Waals surface area contributed by atoms with Gasteiger partial charge in [0.25, 0.3) is 0 Å². The maximum atomic E-state index is 9.84. The van der Waals surface area contributed by atoms with E-state index in [0.717, 1.165) is 11.3 Å². The first-order valence-electron chi connectivity index (χ1n) is 5.69. The molecular weight excluding hydrogens is 262 g/mol. The van der Waals surface area contributed by atoms with E-state index >= 15 is 0 Å². The first-order valence-corrected chi connectivity index (χ1v) is 6.07. The van der Waals surface area contributed by atoms with E-state index in [1.165, 1.54) is 0 Å². The molecule has 0 atom stereocenters. The van der Waals surface area contributed by atoms with Gasteiger partial charge in [-0.2, -0.15) is 5.10 Å². The number of aromatic nitrogens is 3. The molecule has 1 aromatic carbocycles. The molecular formula is C14H10ClN3O. The fraction of sp³-hybridized carbons (Fsp3) is 0. The van der Waals surface area contributed by atoms with Crippen molar-refractivity contribution in [2.24, 2.45) is 0 Å². The number of aromatic hydroxyl groups is 1. The third kappa shape index (κ3) is 2.30. The highest BCUT2D eigenvalue weighted by atomic mass is 35.5. The largest absolute Gasteiger partial charge is 0.506 e. The summed E-state index contributed by atoms with van der Waals surface area (Å²) in [7, 11) is 0. The van der Waals surface area contributed by atoms with Crippen molar-refractivity contribution in [3.05, 3.63) is 60.0 Å². The van der Waals surface area contributed by atoms with Crippen LogP contribution in [-0.2, 0) is 0 Å². The van der Waals surface area contributed by atoms with Gasteiger partial charge in [-0.15, -0.1) is 0 Å². The standard InChI is InChI=1S/C14H10ClN3O/c15-11-3-4-14(19)13(8-11)18-7-5-12(17-18)10-2-1-6-16-9-10/h1-9,19H. The molecule has 4 nitrogen and oxygen atoms in total. The molecule has 0 aliphatic heterocycles. The number of nitrogens with zero attached hydrogens (tertiary/aromatic N) is 3. The Bertz CT molecular complexity index is 710. The van der Waals surface area contributed by atoms with Gasteiger partial charge in [-0.3, -0.25) is 4.98 Å². The van der Waals surface area contributed by atoms with Crippen molar-refractivity contribution >= 4 is 11.6 Å².